The van der Waals surface area contributed by atoms with Crippen LogP contribution in [0.2, 0.25) is 0 Å². The predicted octanol–water partition coefficient (Wildman–Crippen LogP) is 2.91. The molecule has 1 heterocycles. The van der Waals surface area contributed by atoms with Crippen molar-refractivity contribution < 1.29 is 14.3 Å². The summed E-state index contributed by atoms with van der Waals surface area (Å²) < 4.78 is 10.6. The third kappa shape index (κ3) is 5.74. The molecule has 1 amide bonds. The van der Waals surface area contributed by atoms with Crippen LogP contribution < -0.4 is 15.8 Å². The van der Waals surface area contributed by atoms with Gasteiger partial charge in [0.2, 0.25) is 5.91 Å². The Kier molecular flexibility index (Phi) is 6.30. The average Bonchev–Trinajstić information content (AvgIpc) is 3.08. The Bertz CT molecular complexity index is 785. The highest BCUT2D eigenvalue weighted by molar-refractivity contribution is 5.92. The fourth-order valence-electron chi connectivity index (χ4n) is 2.93. The monoisotopic (exact) mass is 367 g/mol. The van der Waals surface area contributed by atoms with Crippen molar-refractivity contribution in [3.8, 4) is 5.75 Å². The summed E-state index contributed by atoms with van der Waals surface area (Å²) in [5, 5.41) is 2.93. The van der Waals surface area contributed by atoms with Crippen molar-refractivity contribution in [2.75, 3.05) is 18.5 Å². The molecule has 1 atom stereocenters. The molecule has 0 fully saturated rings. The van der Waals surface area contributed by atoms with Crippen molar-refractivity contribution in [3.63, 3.8) is 0 Å². The van der Waals surface area contributed by atoms with Crippen LogP contribution >= 0.6 is 0 Å². The zero-order chi connectivity index (χ0) is 19.1. The smallest absolute Gasteiger partial charge is 0.282 e. The van der Waals surface area contributed by atoms with Crippen LogP contribution in [0.25, 0.3) is 0 Å². The van der Waals surface area contributed by atoms with Gasteiger partial charge in [-0.25, -0.2) is 4.99 Å². The average molecular weight is 367 g/mol. The van der Waals surface area contributed by atoms with Gasteiger partial charge in [-0.2, -0.15) is 0 Å². The van der Waals surface area contributed by atoms with Crippen LogP contribution in [-0.2, 0) is 22.4 Å². The van der Waals surface area contributed by atoms with Gasteiger partial charge in [-0.05, 0) is 55.2 Å². The SMILES string of the molecule is CCOc1ccc(CC(=O)Nc2ccc(CC[C@H]3COC(N)=N3)cc2)cc1. The molecule has 1 aliphatic rings. The van der Waals surface area contributed by atoms with Gasteiger partial charge in [-0.3, -0.25) is 4.79 Å². The quantitative estimate of drug-likeness (QED) is 0.751. The summed E-state index contributed by atoms with van der Waals surface area (Å²) in [7, 11) is 0. The normalized spacial score (nSPS) is 15.7. The van der Waals surface area contributed by atoms with Gasteiger partial charge in [0.25, 0.3) is 6.02 Å². The number of anilines is 1. The first-order valence-electron chi connectivity index (χ1n) is 9.19. The van der Waals surface area contributed by atoms with Crippen LogP contribution in [0, 0.1) is 0 Å². The summed E-state index contributed by atoms with van der Waals surface area (Å²) in [4.78, 5) is 16.4. The Morgan fingerprint density at radius 1 is 1.19 bits per heavy atom. The summed E-state index contributed by atoms with van der Waals surface area (Å²) in [6.07, 6.45) is 2.12. The number of amides is 1. The summed E-state index contributed by atoms with van der Waals surface area (Å²) in [6.45, 7) is 3.14. The topological polar surface area (TPSA) is 85.9 Å². The maximum atomic E-state index is 12.2. The number of nitrogens with zero attached hydrogens (tertiary/aromatic N) is 1. The number of aryl methyl sites for hydroxylation is 1. The Balaban J connectivity index is 1.46. The Labute approximate surface area is 159 Å². The van der Waals surface area contributed by atoms with Crippen LogP contribution in [0.4, 0.5) is 5.69 Å². The molecular weight excluding hydrogens is 342 g/mol. The number of carbonyl (C=O) groups excluding carboxylic acids is 1. The molecule has 6 heteroatoms. The highest BCUT2D eigenvalue weighted by atomic mass is 16.5. The van der Waals surface area contributed by atoms with Crippen LogP contribution in [0.3, 0.4) is 0 Å². The molecule has 0 aromatic heterocycles. The molecule has 0 radical (unpaired) electrons. The lowest BCUT2D eigenvalue weighted by Gasteiger charge is -2.08. The number of ether oxygens (including phenoxy) is 2. The minimum absolute atomic E-state index is 0.0418. The number of nitrogens with one attached hydrogen (secondary N) is 1. The number of amidine groups is 1. The van der Waals surface area contributed by atoms with Crippen LogP contribution in [0.5, 0.6) is 5.75 Å². The number of carbonyl (C=O) groups is 1. The molecule has 2 aromatic carbocycles. The maximum absolute atomic E-state index is 12.2. The standard InChI is InChI=1S/C21H25N3O3/c1-2-26-19-11-6-16(7-12-19)13-20(25)23-17-8-3-15(4-9-17)5-10-18-14-27-21(22)24-18/h3-4,6-9,11-12,18H,2,5,10,13-14H2,1H3,(H2,22,24)(H,23,25)/t18-/m0/s1. The Morgan fingerprint density at radius 2 is 1.89 bits per heavy atom. The van der Waals surface area contributed by atoms with E-state index in [4.69, 9.17) is 15.2 Å². The van der Waals surface area contributed by atoms with Gasteiger partial charge in [-0.1, -0.05) is 24.3 Å². The van der Waals surface area contributed by atoms with Crippen LogP contribution in [0.1, 0.15) is 24.5 Å². The van der Waals surface area contributed by atoms with Gasteiger partial charge >= 0.3 is 0 Å². The molecule has 3 rings (SSSR count). The van der Waals surface area contributed by atoms with E-state index >= 15 is 0 Å². The fourth-order valence-corrected chi connectivity index (χ4v) is 2.93. The van der Waals surface area contributed by atoms with Crippen molar-refractivity contribution in [2.45, 2.75) is 32.2 Å². The number of benzene rings is 2. The first-order valence-corrected chi connectivity index (χ1v) is 9.19. The van der Waals surface area contributed by atoms with E-state index in [1.807, 2.05) is 55.5 Å². The van der Waals surface area contributed by atoms with E-state index in [0.717, 1.165) is 29.8 Å². The van der Waals surface area contributed by atoms with E-state index in [2.05, 4.69) is 10.3 Å². The molecular formula is C21H25N3O3. The molecule has 1 aliphatic heterocycles. The zero-order valence-corrected chi connectivity index (χ0v) is 15.5. The maximum Gasteiger partial charge on any atom is 0.282 e. The largest absolute Gasteiger partial charge is 0.494 e. The van der Waals surface area contributed by atoms with E-state index in [9.17, 15) is 4.79 Å². The molecule has 0 aliphatic carbocycles. The van der Waals surface area contributed by atoms with Crippen LogP contribution in [0.15, 0.2) is 53.5 Å². The second kappa shape index (κ2) is 9.07. The minimum Gasteiger partial charge on any atom is -0.494 e. The number of aliphatic imine (C=N–C) groups is 1. The molecule has 0 saturated heterocycles. The first kappa shape index (κ1) is 18.8. The number of nitrogens with two attached hydrogens (primary N) is 1. The second-order valence-electron chi connectivity index (χ2n) is 6.47. The molecule has 142 valence electrons. The molecule has 0 unspecified atom stereocenters. The molecule has 0 saturated carbocycles. The highest BCUT2D eigenvalue weighted by Gasteiger charge is 2.16. The van der Waals surface area contributed by atoms with Gasteiger partial charge in [0.05, 0.1) is 19.1 Å². The zero-order valence-electron chi connectivity index (χ0n) is 15.5. The van der Waals surface area contributed by atoms with Crippen molar-refractivity contribution in [3.05, 3.63) is 59.7 Å². The first-order chi connectivity index (χ1) is 13.1. The highest BCUT2D eigenvalue weighted by Crippen LogP contribution is 2.16. The Morgan fingerprint density at radius 3 is 2.52 bits per heavy atom. The summed E-state index contributed by atoms with van der Waals surface area (Å²) in [6, 6.07) is 15.9. The lowest BCUT2D eigenvalue weighted by Crippen LogP contribution is -2.14. The van der Waals surface area contributed by atoms with E-state index in [1.54, 1.807) is 0 Å². The van der Waals surface area contributed by atoms with Gasteiger partial charge in [0, 0.05) is 5.69 Å². The summed E-state index contributed by atoms with van der Waals surface area (Å²) in [5.74, 6) is 0.773. The van der Waals surface area contributed by atoms with Gasteiger partial charge < -0.3 is 20.5 Å². The van der Waals surface area contributed by atoms with Crippen LogP contribution in [-0.4, -0.2) is 31.2 Å². The fraction of sp³-hybridized carbons (Fsp3) is 0.333. The van der Waals surface area contributed by atoms with E-state index in [0.29, 0.717) is 19.6 Å². The molecule has 6 nitrogen and oxygen atoms in total. The van der Waals surface area contributed by atoms with Crippen molar-refractivity contribution in [1.29, 1.82) is 0 Å². The summed E-state index contributed by atoms with van der Waals surface area (Å²) >= 11 is 0. The van der Waals surface area contributed by atoms with Crippen molar-refractivity contribution in [2.24, 2.45) is 10.7 Å². The second-order valence-corrected chi connectivity index (χ2v) is 6.47. The third-order valence-electron chi connectivity index (χ3n) is 4.34. The Hall–Kier alpha value is -3.02. The van der Waals surface area contributed by atoms with E-state index in [-0.39, 0.29) is 18.0 Å². The molecule has 27 heavy (non-hydrogen) atoms. The van der Waals surface area contributed by atoms with Gasteiger partial charge in [0.15, 0.2) is 0 Å². The van der Waals surface area contributed by atoms with Gasteiger partial charge in [-0.15, -0.1) is 0 Å². The molecule has 2 aromatic rings. The van der Waals surface area contributed by atoms with Gasteiger partial charge in [0.1, 0.15) is 12.4 Å². The lowest BCUT2D eigenvalue weighted by molar-refractivity contribution is -0.115. The van der Waals surface area contributed by atoms with Crippen molar-refractivity contribution in [1.82, 2.24) is 0 Å². The lowest BCUT2D eigenvalue weighted by atomic mass is 10.1. The summed E-state index contributed by atoms with van der Waals surface area (Å²) in [5.41, 5.74) is 8.46. The predicted molar refractivity (Wildman–Crippen MR) is 106 cm³/mol. The van der Waals surface area contributed by atoms with E-state index in [1.165, 1.54) is 5.56 Å². The number of hydrogen-bond donors (Lipinski definition) is 2. The molecule has 0 bridgehead atoms. The number of rotatable bonds is 8. The van der Waals surface area contributed by atoms with E-state index < -0.39 is 0 Å². The third-order valence-corrected chi connectivity index (χ3v) is 4.34. The minimum atomic E-state index is -0.0418. The molecule has 0 spiro atoms. The number of hydrogen-bond acceptors (Lipinski definition) is 5. The van der Waals surface area contributed by atoms with Crippen molar-refractivity contribution >= 4 is 17.6 Å². The molecule has 3 N–H and O–H groups in total.